The fraction of sp³-hybridized carbons (Fsp3) is 0.636. The van der Waals surface area contributed by atoms with Crippen molar-refractivity contribution >= 4 is 17.6 Å². The van der Waals surface area contributed by atoms with E-state index >= 15 is 0 Å². The van der Waals surface area contributed by atoms with Crippen LogP contribution < -0.4 is 25.4 Å². The normalized spacial score (nSPS) is 13.4. The molecule has 0 saturated heterocycles. The lowest BCUT2D eigenvalue weighted by Gasteiger charge is -2.14. The van der Waals surface area contributed by atoms with Gasteiger partial charge in [0.2, 0.25) is 5.91 Å². The second-order valence-electron chi connectivity index (χ2n) is 7.05. The summed E-state index contributed by atoms with van der Waals surface area (Å²) in [4.78, 5) is 16.5. The Labute approximate surface area is 184 Å². The highest BCUT2D eigenvalue weighted by Crippen LogP contribution is 2.32. The Kier molecular flexibility index (Phi) is 12.2. The quantitative estimate of drug-likeness (QED) is 0.247. The molecule has 31 heavy (non-hydrogen) atoms. The maximum absolute atomic E-state index is 11.9. The van der Waals surface area contributed by atoms with Gasteiger partial charge in [0.15, 0.2) is 17.5 Å². The second-order valence-corrected chi connectivity index (χ2v) is 7.05. The van der Waals surface area contributed by atoms with Gasteiger partial charge in [0.05, 0.1) is 26.4 Å². The largest absolute Gasteiger partial charge is 0.490 e. The first-order chi connectivity index (χ1) is 15.2. The van der Waals surface area contributed by atoms with Crippen LogP contribution in [0.5, 0.6) is 11.5 Å². The Hall–Kier alpha value is -2.52. The third kappa shape index (κ3) is 10.4. The Morgan fingerprint density at radius 2 is 1.94 bits per heavy atom. The second kappa shape index (κ2) is 15.3. The van der Waals surface area contributed by atoms with Gasteiger partial charge in [0.1, 0.15) is 0 Å². The Morgan fingerprint density at radius 1 is 1.10 bits per heavy atom. The predicted octanol–water partition coefficient (Wildman–Crippen LogP) is 2.17. The molecule has 1 aromatic carbocycles. The minimum absolute atomic E-state index is 0.0239. The van der Waals surface area contributed by atoms with E-state index in [1.807, 2.05) is 25.1 Å². The number of guanidine groups is 1. The van der Waals surface area contributed by atoms with E-state index in [0.717, 1.165) is 30.7 Å². The first-order valence-corrected chi connectivity index (χ1v) is 11.0. The number of fused-ring (bicyclic) bond motifs is 1. The van der Waals surface area contributed by atoms with Gasteiger partial charge in [-0.1, -0.05) is 6.92 Å². The lowest BCUT2D eigenvalue weighted by atomic mass is 10.2. The molecule has 0 unspecified atom stereocenters. The zero-order valence-electron chi connectivity index (χ0n) is 18.7. The van der Waals surface area contributed by atoms with E-state index in [1.54, 1.807) is 7.11 Å². The molecule has 0 aliphatic carbocycles. The lowest BCUT2D eigenvalue weighted by Crippen LogP contribution is -2.35. The number of hydrogen-bond donors (Lipinski definition) is 3. The zero-order valence-corrected chi connectivity index (χ0v) is 18.7. The first kappa shape index (κ1) is 24.7. The smallest absolute Gasteiger partial charge is 0.221 e. The minimum Gasteiger partial charge on any atom is -0.490 e. The Morgan fingerprint density at radius 3 is 2.74 bits per heavy atom. The number of nitrogens with zero attached hydrogens (tertiary/aromatic N) is 1. The molecule has 0 saturated carbocycles. The van der Waals surface area contributed by atoms with E-state index in [4.69, 9.17) is 18.9 Å². The summed E-state index contributed by atoms with van der Waals surface area (Å²) in [5.74, 6) is 2.09. The van der Waals surface area contributed by atoms with E-state index in [-0.39, 0.29) is 5.91 Å². The van der Waals surface area contributed by atoms with Gasteiger partial charge in [-0.2, -0.15) is 0 Å². The molecule has 0 fully saturated rings. The maximum Gasteiger partial charge on any atom is 0.221 e. The van der Waals surface area contributed by atoms with Crippen molar-refractivity contribution in [3.05, 3.63) is 18.2 Å². The summed E-state index contributed by atoms with van der Waals surface area (Å²) in [5, 5.41) is 9.39. The molecule has 1 heterocycles. The number of nitrogens with one attached hydrogen (secondary N) is 3. The van der Waals surface area contributed by atoms with Gasteiger partial charge in [0.25, 0.3) is 0 Å². The van der Waals surface area contributed by atoms with Gasteiger partial charge < -0.3 is 34.9 Å². The number of aliphatic imine (C=N–C) groups is 1. The maximum atomic E-state index is 11.9. The number of carbonyl (C=O) groups excluding carboxylic acids is 1. The lowest BCUT2D eigenvalue weighted by molar-refractivity contribution is -0.120. The summed E-state index contributed by atoms with van der Waals surface area (Å²) < 4.78 is 21.9. The summed E-state index contributed by atoms with van der Waals surface area (Å²) in [6.45, 7) is 6.86. The van der Waals surface area contributed by atoms with Crippen LogP contribution in [0.4, 0.5) is 5.69 Å². The molecule has 2 rings (SSSR count). The number of rotatable bonds is 13. The third-order valence-electron chi connectivity index (χ3n) is 4.38. The van der Waals surface area contributed by atoms with Crippen LogP contribution in [0.3, 0.4) is 0 Å². The van der Waals surface area contributed by atoms with Gasteiger partial charge >= 0.3 is 0 Å². The van der Waals surface area contributed by atoms with Crippen molar-refractivity contribution in [2.75, 3.05) is 65.1 Å². The highest BCUT2D eigenvalue weighted by molar-refractivity contribution is 5.94. The highest BCUT2D eigenvalue weighted by atomic mass is 16.5. The van der Waals surface area contributed by atoms with Crippen molar-refractivity contribution in [3.63, 3.8) is 0 Å². The van der Waals surface area contributed by atoms with E-state index in [9.17, 15) is 4.79 Å². The molecule has 1 amide bonds. The average Bonchev–Trinajstić information content (AvgIpc) is 3.02. The van der Waals surface area contributed by atoms with Crippen LogP contribution in [-0.4, -0.2) is 71.6 Å². The van der Waals surface area contributed by atoms with Crippen LogP contribution in [0, 0.1) is 0 Å². The molecule has 0 atom stereocenters. The van der Waals surface area contributed by atoms with Crippen LogP contribution in [0.25, 0.3) is 0 Å². The molecule has 0 radical (unpaired) electrons. The van der Waals surface area contributed by atoms with E-state index in [2.05, 4.69) is 20.9 Å². The molecule has 1 aliphatic heterocycles. The number of benzene rings is 1. The highest BCUT2D eigenvalue weighted by Gasteiger charge is 2.11. The fourth-order valence-corrected chi connectivity index (χ4v) is 2.77. The van der Waals surface area contributed by atoms with Gasteiger partial charge in [-0.15, -0.1) is 0 Å². The number of anilines is 1. The van der Waals surface area contributed by atoms with E-state index in [0.29, 0.717) is 70.8 Å². The molecule has 9 nitrogen and oxygen atoms in total. The number of ether oxygens (including phenoxy) is 4. The number of carbonyl (C=O) groups is 1. The van der Waals surface area contributed by atoms with Crippen molar-refractivity contribution in [1.82, 2.24) is 10.6 Å². The van der Waals surface area contributed by atoms with Gasteiger partial charge in [0, 0.05) is 57.9 Å². The van der Waals surface area contributed by atoms with Crippen LogP contribution >= 0.6 is 0 Å². The van der Waals surface area contributed by atoms with Crippen LogP contribution in [0.2, 0.25) is 0 Å². The number of methoxy groups -OCH3 is 1. The topological polar surface area (TPSA) is 102 Å². The molecular formula is C22H36N4O5. The van der Waals surface area contributed by atoms with Crippen molar-refractivity contribution in [2.45, 2.75) is 32.6 Å². The average molecular weight is 437 g/mol. The monoisotopic (exact) mass is 436 g/mol. The van der Waals surface area contributed by atoms with Crippen molar-refractivity contribution in [3.8, 4) is 11.5 Å². The van der Waals surface area contributed by atoms with Gasteiger partial charge in [-0.05, 0) is 25.0 Å². The zero-order chi connectivity index (χ0) is 22.2. The summed E-state index contributed by atoms with van der Waals surface area (Å²) >= 11 is 0. The molecule has 0 aromatic heterocycles. The molecule has 1 aromatic rings. The summed E-state index contributed by atoms with van der Waals surface area (Å²) in [6.07, 6.45) is 2.94. The molecule has 9 heteroatoms. The van der Waals surface area contributed by atoms with Crippen molar-refractivity contribution < 1.29 is 23.7 Å². The van der Waals surface area contributed by atoms with E-state index < -0.39 is 0 Å². The summed E-state index contributed by atoms with van der Waals surface area (Å²) in [5.41, 5.74) is 0.835. The molecular weight excluding hydrogens is 400 g/mol. The molecule has 174 valence electrons. The first-order valence-electron chi connectivity index (χ1n) is 11.0. The number of hydrogen-bond acceptors (Lipinski definition) is 6. The summed E-state index contributed by atoms with van der Waals surface area (Å²) in [7, 11) is 1.65. The molecule has 0 bridgehead atoms. The molecule has 3 N–H and O–H groups in total. The van der Waals surface area contributed by atoms with E-state index in [1.165, 1.54) is 0 Å². The van der Waals surface area contributed by atoms with Crippen LogP contribution in [0.1, 0.15) is 32.6 Å². The fourth-order valence-electron chi connectivity index (χ4n) is 2.77. The van der Waals surface area contributed by atoms with Crippen molar-refractivity contribution in [2.24, 2.45) is 4.99 Å². The van der Waals surface area contributed by atoms with Crippen molar-refractivity contribution in [1.29, 1.82) is 0 Å². The SMILES string of the molecule is CCCNC(=O)CCNC(=NCCCOCCOC)Nc1ccc2c(c1)OCCCO2. The predicted molar refractivity (Wildman–Crippen MR) is 121 cm³/mol. The Bertz CT molecular complexity index is 684. The van der Waals surface area contributed by atoms with Crippen LogP contribution in [-0.2, 0) is 14.3 Å². The van der Waals surface area contributed by atoms with Gasteiger partial charge in [-0.25, -0.2) is 0 Å². The standard InChI is InChI=1S/C22H36N4O5/c1-3-9-23-21(27)8-11-25-22(24-10-4-12-29-16-15-28-2)26-18-6-7-19-20(17-18)31-14-5-13-30-19/h6-7,17H,3-5,8-16H2,1-2H3,(H,23,27)(H2,24,25,26). The molecule has 1 aliphatic rings. The number of amides is 1. The molecule has 0 spiro atoms. The van der Waals surface area contributed by atoms with Gasteiger partial charge in [-0.3, -0.25) is 9.79 Å². The Balaban J connectivity index is 1.90. The summed E-state index contributed by atoms with van der Waals surface area (Å²) in [6, 6.07) is 5.72. The minimum atomic E-state index is 0.0239. The third-order valence-corrected chi connectivity index (χ3v) is 4.38. The van der Waals surface area contributed by atoms with Crippen LogP contribution in [0.15, 0.2) is 23.2 Å².